The minimum atomic E-state index is 0.0940. The molecule has 1 aliphatic rings. The lowest BCUT2D eigenvalue weighted by Gasteiger charge is -2.32. The van der Waals surface area contributed by atoms with Crippen LogP contribution in [0.25, 0.3) is 5.69 Å². The molecule has 7 nitrogen and oxygen atoms in total. The Hall–Kier alpha value is -2.96. The molecule has 1 saturated heterocycles. The van der Waals surface area contributed by atoms with Gasteiger partial charge < -0.3 is 4.90 Å². The quantitative estimate of drug-likeness (QED) is 0.724. The summed E-state index contributed by atoms with van der Waals surface area (Å²) in [5.41, 5.74) is 2.79. The smallest absolute Gasteiger partial charge is 0.253 e. The molecule has 1 aromatic carbocycles. The lowest BCUT2D eigenvalue weighted by Crippen LogP contribution is -2.41. The largest absolute Gasteiger partial charge is 0.338 e. The molecule has 26 heavy (non-hydrogen) atoms. The second kappa shape index (κ2) is 7.11. The summed E-state index contributed by atoms with van der Waals surface area (Å²) in [5.74, 6) is 0.511. The first-order valence-electron chi connectivity index (χ1n) is 8.92. The van der Waals surface area contributed by atoms with Gasteiger partial charge in [-0.1, -0.05) is 0 Å². The van der Waals surface area contributed by atoms with Crippen LogP contribution in [0.15, 0.2) is 49.3 Å². The van der Waals surface area contributed by atoms with Crippen molar-refractivity contribution in [3.8, 4) is 5.69 Å². The van der Waals surface area contributed by atoms with Crippen LogP contribution >= 0.6 is 0 Å². The van der Waals surface area contributed by atoms with Crippen LogP contribution in [0, 0.1) is 12.8 Å². The molecule has 0 radical (unpaired) electrons. The van der Waals surface area contributed by atoms with Gasteiger partial charge in [0.15, 0.2) is 0 Å². The number of hydrogen-bond acceptors (Lipinski definition) is 4. The topological polar surface area (TPSA) is 68.8 Å². The SMILES string of the molecule is Cc1cnn(-c2ccc(C(=O)N3CCCC(Cn4cncn4)C3)cc2)c1. The Morgan fingerprint density at radius 1 is 1.23 bits per heavy atom. The highest BCUT2D eigenvalue weighted by molar-refractivity contribution is 5.94. The Morgan fingerprint density at radius 3 is 2.77 bits per heavy atom. The van der Waals surface area contributed by atoms with E-state index in [4.69, 9.17) is 0 Å². The summed E-state index contributed by atoms with van der Waals surface area (Å²) in [6.45, 7) is 4.39. The molecule has 0 spiro atoms. The fraction of sp³-hybridized carbons (Fsp3) is 0.368. The van der Waals surface area contributed by atoms with Crippen LogP contribution in [0.2, 0.25) is 0 Å². The summed E-state index contributed by atoms with van der Waals surface area (Å²) in [5, 5.41) is 8.48. The monoisotopic (exact) mass is 350 g/mol. The van der Waals surface area contributed by atoms with Gasteiger partial charge in [0, 0.05) is 31.4 Å². The summed E-state index contributed by atoms with van der Waals surface area (Å²) >= 11 is 0. The van der Waals surface area contributed by atoms with E-state index in [1.807, 2.05) is 57.8 Å². The maximum atomic E-state index is 12.9. The molecule has 3 aromatic rings. The summed E-state index contributed by atoms with van der Waals surface area (Å²) in [6, 6.07) is 7.65. The molecule has 0 saturated carbocycles. The zero-order chi connectivity index (χ0) is 17.9. The lowest BCUT2D eigenvalue weighted by molar-refractivity contribution is 0.0659. The molecule has 1 fully saturated rings. The first-order valence-corrected chi connectivity index (χ1v) is 8.92. The Morgan fingerprint density at radius 2 is 2.08 bits per heavy atom. The van der Waals surface area contributed by atoms with Gasteiger partial charge in [-0.3, -0.25) is 9.48 Å². The molecule has 4 rings (SSSR count). The van der Waals surface area contributed by atoms with Crippen molar-refractivity contribution in [2.75, 3.05) is 13.1 Å². The summed E-state index contributed by atoms with van der Waals surface area (Å²) in [6.07, 6.45) is 9.21. The second-order valence-electron chi connectivity index (χ2n) is 6.89. The van der Waals surface area contributed by atoms with E-state index < -0.39 is 0 Å². The summed E-state index contributed by atoms with van der Waals surface area (Å²) in [7, 11) is 0. The fourth-order valence-corrected chi connectivity index (χ4v) is 3.48. The Kier molecular flexibility index (Phi) is 4.51. The van der Waals surface area contributed by atoms with Gasteiger partial charge in [-0.15, -0.1) is 0 Å². The van der Waals surface area contributed by atoms with Gasteiger partial charge in [-0.25, -0.2) is 9.67 Å². The van der Waals surface area contributed by atoms with Gasteiger partial charge in [-0.2, -0.15) is 10.2 Å². The van der Waals surface area contributed by atoms with E-state index in [9.17, 15) is 4.79 Å². The van der Waals surface area contributed by atoms with Crippen molar-refractivity contribution in [3.63, 3.8) is 0 Å². The van der Waals surface area contributed by atoms with Crippen molar-refractivity contribution in [1.29, 1.82) is 0 Å². The third-order valence-electron chi connectivity index (χ3n) is 4.81. The molecule has 0 aliphatic carbocycles. The molecule has 0 bridgehead atoms. The van der Waals surface area contributed by atoms with E-state index in [-0.39, 0.29) is 5.91 Å². The molecular weight excluding hydrogens is 328 g/mol. The number of amides is 1. The lowest BCUT2D eigenvalue weighted by atomic mass is 9.97. The van der Waals surface area contributed by atoms with Crippen LogP contribution in [0.1, 0.15) is 28.8 Å². The predicted molar refractivity (Wildman–Crippen MR) is 97.0 cm³/mol. The molecule has 1 aliphatic heterocycles. The van der Waals surface area contributed by atoms with Crippen molar-refractivity contribution in [2.24, 2.45) is 5.92 Å². The van der Waals surface area contributed by atoms with Crippen LogP contribution in [-0.4, -0.2) is 48.4 Å². The number of benzene rings is 1. The first kappa shape index (κ1) is 16.5. The molecule has 1 amide bonds. The molecule has 7 heteroatoms. The van der Waals surface area contributed by atoms with E-state index >= 15 is 0 Å². The predicted octanol–water partition coefficient (Wildman–Crippen LogP) is 2.32. The standard InChI is InChI=1S/C19H22N6O/c1-15-9-21-25(10-15)18-6-4-17(5-7-18)19(26)23-8-2-3-16(11-23)12-24-14-20-13-22-24/h4-7,9-10,13-14,16H,2-3,8,11-12H2,1H3. The van der Waals surface area contributed by atoms with Gasteiger partial charge >= 0.3 is 0 Å². The summed E-state index contributed by atoms with van der Waals surface area (Å²) < 4.78 is 3.66. The molecule has 134 valence electrons. The number of likely N-dealkylation sites (tertiary alicyclic amines) is 1. The Balaban J connectivity index is 1.43. The van der Waals surface area contributed by atoms with Crippen molar-refractivity contribution in [2.45, 2.75) is 26.3 Å². The van der Waals surface area contributed by atoms with E-state index in [0.29, 0.717) is 5.92 Å². The molecule has 1 unspecified atom stereocenters. The van der Waals surface area contributed by atoms with Crippen LogP contribution in [0.4, 0.5) is 0 Å². The van der Waals surface area contributed by atoms with Crippen LogP contribution < -0.4 is 0 Å². The first-order chi connectivity index (χ1) is 12.7. The van der Waals surface area contributed by atoms with Crippen LogP contribution in [0.5, 0.6) is 0 Å². The average molecular weight is 350 g/mol. The van der Waals surface area contributed by atoms with E-state index in [1.54, 1.807) is 12.7 Å². The second-order valence-corrected chi connectivity index (χ2v) is 6.89. The summed E-state index contributed by atoms with van der Waals surface area (Å²) in [4.78, 5) is 18.8. The Bertz CT molecular complexity index is 868. The van der Waals surface area contributed by atoms with Gasteiger partial charge in [0.2, 0.25) is 0 Å². The normalized spacial score (nSPS) is 17.4. The number of aromatic nitrogens is 5. The zero-order valence-electron chi connectivity index (χ0n) is 14.8. The van der Waals surface area contributed by atoms with Crippen molar-refractivity contribution < 1.29 is 4.79 Å². The number of piperidine rings is 1. The number of carbonyl (C=O) groups is 1. The van der Waals surface area contributed by atoms with Crippen molar-refractivity contribution in [3.05, 3.63) is 60.4 Å². The van der Waals surface area contributed by atoms with Crippen LogP contribution in [0.3, 0.4) is 0 Å². The third kappa shape index (κ3) is 3.51. The van der Waals surface area contributed by atoms with E-state index in [1.165, 1.54) is 0 Å². The maximum absolute atomic E-state index is 12.9. The number of aryl methyl sites for hydroxylation is 1. The highest BCUT2D eigenvalue weighted by Gasteiger charge is 2.25. The minimum absolute atomic E-state index is 0.0940. The minimum Gasteiger partial charge on any atom is -0.338 e. The average Bonchev–Trinajstić information content (AvgIpc) is 3.33. The highest BCUT2D eigenvalue weighted by atomic mass is 16.2. The zero-order valence-corrected chi connectivity index (χ0v) is 14.8. The van der Waals surface area contributed by atoms with E-state index in [2.05, 4.69) is 15.2 Å². The molecule has 2 aromatic heterocycles. The van der Waals surface area contributed by atoms with Gasteiger partial charge in [0.25, 0.3) is 5.91 Å². The third-order valence-corrected chi connectivity index (χ3v) is 4.81. The van der Waals surface area contributed by atoms with Crippen molar-refractivity contribution >= 4 is 5.91 Å². The number of hydrogen-bond donors (Lipinski definition) is 0. The number of rotatable bonds is 4. The van der Waals surface area contributed by atoms with Gasteiger partial charge in [0.05, 0.1) is 11.9 Å². The maximum Gasteiger partial charge on any atom is 0.253 e. The molecule has 1 atom stereocenters. The van der Waals surface area contributed by atoms with Crippen LogP contribution in [-0.2, 0) is 6.54 Å². The fourth-order valence-electron chi connectivity index (χ4n) is 3.48. The number of nitrogens with zero attached hydrogens (tertiary/aromatic N) is 6. The molecule has 0 N–H and O–H groups in total. The molecular formula is C19H22N6O. The van der Waals surface area contributed by atoms with Gasteiger partial charge in [0.1, 0.15) is 12.7 Å². The van der Waals surface area contributed by atoms with Crippen molar-refractivity contribution in [1.82, 2.24) is 29.4 Å². The van der Waals surface area contributed by atoms with E-state index in [0.717, 1.165) is 49.3 Å². The van der Waals surface area contributed by atoms with Gasteiger partial charge in [-0.05, 0) is 55.5 Å². The Labute approximate surface area is 152 Å². The molecule has 3 heterocycles. The highest BCUT2D eigenvalue weighted by Crippen LogP contribution is 2.20. The number of carbonyl (C=O) groups excluding carboxylic acids is 1.